The highest BCUT2D eigenvalue weighted by atomic mass is 35.5. The smallest absolute Gasteiger partial charge is 0.235 e. The van der Waals surface area contributed by atoms with E-state index in [1.54, 1.807) is 35.9 Å². The van der Waals surface area contributed by atoms with Crippen molar-refractivity contribution in [2.24, 2.45) is 0 Å². The lowest BCUT2D eigenvalue weighted by atomic mass is 10.0. The van der Waals surface area contributed by atoms with Crippen LogP contribution in [0.25, 0.3) is 5.69 Å². The molecule has 138 valence electrons. The van der Waals surface area contributed by atoms with Crippen LogP contribution in [0.15, 0.2) is 42.5 Å². The number of anilines is 1. The van der Waals surface area contributed by atoms with Crippen LogP contribution >= 0.6 is 23.4 Å². The number of rotatable bonds is 2. The van der Waals surface area contributed by atoms with E-state index in [4.69, 9.17) is 11.6 Å². The van der Waals surface area contributed by atoms with Gasteiger partial charge in [0.15, 0.2) is 11.6 Å². The van der Waals surface area contributed by atoms with Crippen molar-refractivity contribution in [2.45, 2.75) is 12.2 Å². The number of thioether (sulfide) groups is 1. The molecule has 4 rings (SSSR count). The monoisotopic (exact) mass is 405 g/mol. The van der Waals surface area contributed by atoms with Crippen LogP contribution in [-0.2, 0) is 4.79 Å². The van der Waals surface area contributed by atoms with Crippen LogP contribution in [0, 0.1) is 18.6 Å². The van der Waals surface area contributed by atoms with Gasteiger partial charge in [-0.3, -0.25) is 4.79 Å². The van der Waals surface area contributed by atoms with Crippen molar-refractivity contribution >= 4 is 35.1 Å². The number of carbonyl (C=O) groups is 1. The topological polar surface area (TPSA) is 46.9 Å². The Morgan fingerprint density at radius 2 is 1.96 bits per heavy atom. The van der Waals surface area contributed by atoms with Crippen LogP contribution in [0.5, 0.6) is 0 Å². The summed E-state index contributed by atoms with van der Waals surface area (Å²) in [5.41, 5.74) is 2.18. The molecule has 0 aliphatic carbocycles. The molecule has 2 heterocycles. The van der Waals surface area contributed by atoms with Crippen molar-refractivity contribution in [3.8, 4) is 5.69 Å². The zero-order chi connectivity index (χ0) is 19.1. The number of benzene rings is 2. The van der Waals surface area contributed by atoms with Crippen LogP contribution in [-0.4, -0.2) is 21.4 Å². The largest absolute Gasteiger partial charge is 0.310 e. The highest BCUT2D eigenvalue weighted by Crippen LogP contribution is 2.44. The van der Waals surface area contributed by atoms with Gasteiger partial charge < -0.3 is 5.32 Å². The summed E-state index contributed by atoms with van der Waals surface area (Å²) in [6.45, 7) is 1.79. The number of hydrogen-bond donors (Lipinski definition) is 1. The van der Waals surface area contributed by atoms with Crippen LogP contribution < -0.4 is 5.32 Å². The quantitative estimate of drug-likeness (QED) is 0.660. The Balaban J connectivity index is 1.91. The van der Waals surface area contributed by atoms with E-state index < -0.39 is 16.9 Å². The van der Waals surface area contributed by atoms with Gasteiger partial charge in [-0.25, -0.2) is 13.5 Å². The van der Waals surface area contributed by atoms with E-state index >= 15 is 0 Å². The lowest BCUT2D eigenvalue weighted by molar-refractivity contribution is -0.113. The summed E-state index contributed by atoms with van der Waals surface area (Å²) in [4.78, 5) is 12.3. The molecule has 0 fully saturated rings. The first kappa shape index (κ1) is 18.0. The van der Waals surface area contributed by atoms with E-state index in [1.165, 1.54) is 23.9 Å². The number of aryl methyl sites for hydroxylation is 1. The fourth-order valence-electron chi connectivity index (χ4n) is 3.12. The maximum atomic E-state index is 14.5. The van der Waals surface area contributed by atoms with Crippen LogP contribution in [0.4, 0.5) is 14.6 Å². The molecule has 0 radical (unpaired) electrons. The van der Waals surface area contributed by atoms with Crippen LogP contribution in [0.1, 0.15) is 22.1 Å². The number of halogens is 3. The minimum Gasteiger partial charge on any atom is -0.310 e. The highest BCUT2D eigenvalue weighted by Gasteiger charge is 2.32. The van der Waals surface area contributed by atoms with Gasteiger partial charge >= 0.3 is 0 Å². The number of hydrogen-bond acceptors (Lipinski definition) is 3. The SMILES string of the molecule is Cc1nn(-c2ccc(Cl)cc2)c2c1C(c1cccc(F)c1F)SCC(=O)N2. The maximum Gasteiger partial charge on any atom is 0.235 e. The molecule has 0 saturated heterocycles. The Morgan fingerprint density at radius 3 is 2.70 bits per heavy atom. The van der Waals surface area contributed by atoms with E-state index in [2.05, 4.69) is 10.4 Å². The number of fused-ring (bicyclic) bond motifs is 1. The second kappa shape index (κ2) is 6.98. The normalized spacial score (nSPS) is 16.6. The summed E-state index contributed by atoms with van der Waals surface area (Å²) in [5.74, 6) is -1.47. The molecule has 1 amide bonds. The van der Waals surface area contributed by atoms with Gasteiger partial charge in [-0.1, -0.05) is 23.7 Å². The molecule has 0 bridgehead atoms. The van der Waals surface area contributed by atoms with Gasteiger partial charge in [0.25, 0.3) is 0 Å². The van der Waals surface area contributed by atoms with Crippen molar-refractivity contribution in [1.82, 2.24) is 9.78 Å². The summed E-state index contributed by atoms with van der Waals surface area (Å²) in [7, 11) is 0. The molecule has 2 aromatic carbocycles. The van der Waals surface area contributed by atoms with Crippen molar-refractivity contribution in [2.75, 3.05) is 11.1 Å². The molecule has 1 aliphatic rings. The first-order valence-electron chi connectivity index (χ1n) is 8.16. The number of amides is 1. The first-order chi connectivity index (χ1) is 13.0. The molecule has 1 unspecified atom stereocenters. The molecule has 0 saturated carbocycles. The van der Waals surface area contributed by atoms with Gasteiger partial charge in [-0.15, -0.1) is 11.8 Å². The van der Waals surface area contributed by atoms with Gasteiger partial charge in [0.05, 0.1) is 22.4 Å². The van der Waals surface area contributed by atoms with Gasteiger partial charge in [0.2, 0.25) is 5.91 Å². The minimum atomic E-state index is -0.916. The Kier molecular flexibility index (Phi) is 4.65. The molecule has 8 heteroatoms. The summed E-state index contributed by atoms with van der Waals surface area (Å²) >= 11 is 7.20. The molecule has 0 spiro atoms. The molecule has 1 N–H and O–H groups in total. The molecule has 3 aromatic rings. The molecular weight excluding hydrogens is 392 g/mol. The van der Waals surface area contributed by atoms with E-state index in [9.17, 15) is 13.6 Å². The average Bonchev–Trinajstić information content (AvgIpc) is 2.84. The number of nitrogens with zero attached hydrogens (tertiary/aromatic N) is 2. The average molecular weight is 406 g/mol. The minimum absolute atomic E-state index is 0.120. The van der Waals surface area contributed by atoms with Crippen LogP contribution in [0.2, 0.25) is 5.02 Å². The third kappa shape index (κ3) is 3.21. The van der Waals surface area contributed by atoms with Crippen molar-refractivity contribution in [1.29, 1.82) is 0 Å². The predicted octanol–water partition coefficient (Wildman–Crippen LogP) is 4.89. The highest BCUT2D eigenvalue weighted by molar-refractivity contribution is 8.00. The first-order valence-corrected chi connectivity index (χ1v) is 9.59. The number of nitrogens with one attached hydrogen (secondary N) is 1. The van der Waals surface area contributed by atoms with Crippen molar-refractivity contribution < 1.29 is 13.6 Å². The molecule has 27 heavy (non-hydrogen) atoms. The van der Waals surface area contributed by atoms with Crippen molar-refractivity contribution in [3.63, 3.8) is 0 Å². The second-order valence-corrected chi connectivity index (χ2v) is 7.65. The number of aromatic nitrogens is 2. The molecule has 1 atom stereocenters. The lowest BCUT2D eigenvalue weighted by Gasteiger charge is -2.16. The van der Waals surface area contributed by atoms with Gasteiger partial charge in [0, 0.05) is 16.1 Å². The Bertz CT molecular complexity index is 1040. The second-order valence-electron chi connectivity index (χ2n) is 6.12. The zero-order valence-electron chi connectivity index (χ0n) is 14.2. The fraction of sp³-hybridized carbons (Fsp3) is 0.158. The summed E-state index contributed by atoms with van der Waals surface area (Å²) < 4.78 is 29.9. The van der Waals surface area contributed by atoms with E-state index in [0.717, 1.165) is 6.07 Å². The van der Waals surface area contributed by atoms with Crippen LogP contribution in [0.3, 0.4) is 0 Å². The molecule has 4 nitrogen and oxygen atoms in total. The molecule has 1 aliphatic heterocycles. The third-order valence-corrected chi connectivity index (χ3v) is 5.85. The summed E-state index contributed by atoms with van der Waals surface area (Å²) in [5, 5.41) is 7.39. The standard InChI is InChI=1S/C19H14ClF2N3OS/c1-10-16-18(13-3-2-4-14(21)17(13)22)27-9-15(26)23-19(16)25(24-10)12-7-5-11(20)6-8-12/h2-8,18H,9H2,1H3,(H,23,26). The van der Waals surface area contributed by atoms with Gasteiger partial charge in [0.1, 0.15) is 5.82 Å². The van der Waals surface area contributed by atoms with E-state index in [0.29, 0.717) is 27.8 Å². The lowest BCUT2D eigenvalue weighted by Crippen LogP contribution is -2.15. The van der Waals surface area contributed by atoms with Gasteiger partial charge in [-0.05, 0) is 37.3 Å². The molecule has 1 aromatic heterocycles. The third-order valence-electron chi connectivity index (χ3n) is 4.34. The van der Waals surface area contributed by atoms with E-state index in [-0.39, 0.29) is 17.2 Å². The summed E-state index contributed by atoms with van der Waals surface area (Å²) in [6.07, 6.45) is 0. The Morgan fingerprint density at radius 1 is 1.22 bits per heavy atom. The van der Waals surface area contributed by atoms with Gasteiger partial charge in [-0.2, -0.15) is 5.10 Å². The van der Waals surface area contributed by atoms with E-state index in [1.807, 2.05) is 0 Å². The predicted molar refractivity (Wildman–Crippen MR) is 103 cm³/mol. The maximum absolute atomic E-state index is 14.5. The molecular formula is C19H14ClF2N3OS. The van der Waals surface area contributed by atoms with Crippen molar-refractivity contribution in [3.05, 3.63) is 75.9 Å². The number of carbonyl (C=O) groups excluding carboxylic acids is 1. The summed E-state index contributed by atoms with van der Waals surface area (Å²) in [6, 6.07) is 11.1. The zero-order valence-corrected chi connectivity index (χ0v) is 15.7. The Hall–Kier alpha value is -2.38. The fourth-order valence-corrected chi connectivity index (χ4v) is 4.45. The Labute approximate surface area is 163 Å².